The molecular formula is C43H78F2N2O3. The van der Waals surface area contributed by atoms with Crippen LogP contribution in [0, 0.1) is 0 Å². The van der Waals surface area contributed by atoms with E-state index in [1.54, 1.807) is 20.1 Å². The van der Waals surface area contributed by atoms with E-state index in [0.717, 1.165) is 53.5 Å². The van der Waals surface area contributed by atoms with Crippen LogP contribution in [0.2, 0.25) is 0 Å². The number of nitrogens with one attached hydrogen (secondary N) is 1. The summed E-state index contributed by atoms with van der Waals surface area (Å²) in [5.74, 6) is 0.172. The van der Waals surface area contributed by atoms with E-state index in [4.69, 9.17) is 20.0 Å². The van der Waals surface area contributed by atoms with Crippen LogP contribution in [0.5, 0.6) is 0 Å². The summed E-state index contributed by atoms with van der Waals surface area (Å²) in [6.45, 7) is 31.9. The molecule has 0 saturated heterocycles. The van der Waals surface area contributed by atoms with Crippen LogP contribution < -0.4 is 11.1 Å². The fourth-order valence-corrected chi connectivity index (χ4v) is 3.63. The second-order valence-corrected chi connectivity index (χ2v) is 11.3. The first-order valence-corrected chi connectivity index (χ1v) is 18.2. The van der Waals surface area contributed by atoms with Gasteiger partial charge in [0, 0.05) is 25.3 Å². The monoisotopic (exact) mass is 709 g/mol. The Morgan fingerprint density at radius 3 is 1.84 bits per heavy atom. The van der Waals surface area contributed by atoms with E-state index in [-0.39, 0.29) is 17.8 Å². The van der Waals surface area contributed by atoms with Gasteiger partial charge in [0.05, 0.1) is 17.9 Å². The molecule has 0 spiro atoms. The molecule has 0 aliphatic carbocycles. The van der Waals surface area contributed by atoms with E-state index in [1.807, 2.05) is 115 Å². The lowest BCUT2D eigenvalue weighted by Gasteiger charge is -2.14. The van der Waals surface area contributed by atoms with Crippen LogP contribution in [0.25, 0.3) is 11.4 Å². The Bertz CT molecular complexity index is 1150. The van der Waals surface area contributed by atoms with Gasteiger partial charge >= 0.3 is 0 Å². The lowest BCUT2D eigenvalue weighted by atomic mass is 9.91. The van der Waals surface area contributed by atoms with Gasteiger partial charge in [0.2, 0.25) is 0 Å². The summed E-state index contributed by atoms with van der Waals surface area (Å²) in [6, 6.07) is 2.01. The van der Waals surface area contributed by atoms with Gasteiger partial charge in [-0.1, -0.05) is 90.5 Å². The lowest BCUT2D eigenvalue weighted by molar-refractivity contribution is 0.147. The third-order valence-electron chi connectivity index (χ3n) is 6.64. The molecule has 292 valence electrons. The maximum absolute atomic E-state index is 13.9. The Kier molecular flexibility index (Phi) is 44.0. The lowest BCUT2D eigenvalue weighted by Crippen LogP contribution is -2.11. The van der Waals surface area contributed by atoms with Gasteiger partial charge in [-0.05, 0) is 124 Å². The van der Waals surface area contributed by atoms with Crippen LogP contribution in [-0.4, -0.2) is 45.1 Å². The molecule has 7 heteroatoms. The van der Waals surface area contributed by atoms with Crippen LogP contribution in [0.4, 0.5) is 8.78 Å². The highest BCUT2D eigenvalue weighted by Gasteiger charge is 2.18. The summed E-state index contributed by atoms with van der Waals surface area (Å²) < 4.78 is 38.1. The molecule has 0 radical (unpaired) electrons. The SMILES string of the molecule is C=C(C(C(=CC)/C=C\C)=C(C)C)c1occc1/C(F)=C\C.CC.CCC(C)N.CCCC(/C=C(\C)C(C)OC)=C(\F)CC.CCCO.CNC. The highest BCUT2D eigenvalue weighted by atomic mass is 19.1. The molecule has 1 heterocycles. The molecule has 1 aromatic heterocycles. The zero-order valence-corrected chi connectivity index (χ0v) is 35.2. The molecule has 0 bridgehead atoms. The quantitative estimate of drug-likeness (QED) is 0.178. The van der Waals surface area contributed by atoms with Gasteiger partial charge in [0.1, 0.15) is 17.4 Å². The van der Waals surface area contributed by atoms with Crippen molar-refractivity contribution in [1.82, 2.24) is 5.32 Å². The summed E-state index contributed by atoms with van der Waals surface area (Å²) in [5.41, 5.74) is 11.5. The van der Waals surface area contributed by atoms with Crippen molar-refractivity contribution in [1.29, 1.82) is 0 Å². The second-order valence-electron chi connectivity index (χ2n) is 11.3. The number of furan rings is 1. The number of allylic oxidation sites excluding steroid dienone is 11. The van der Waals surface area contributed by atoms with E-state index >= 15 is 0 Å². The van der Waals surface area contributed by atoms with Gasteiger partial charge in [-0.15, -0.1) is 0 Å². The number of aliphatic hydroxyl groups excluding tert-OH is 1. The van der Waals surface area contributed by atoms with Crippen LogP contribution in [-0.2, 0) is 4.74 Å². The van der Waals surface area contributed by atoms with Gasteiger partial charge in [-0.25, -0.2) is 8.78 Å². The van der Waals surface area contributed by atoms with Crippen molar-refractivity contribution in [2.24, 2.45) is 5.73 Å². The van der Waals surface area contributed by atoms with Gasteiger partial charge in [0.15, 0.2) is 0 Å². The maximum atomic E-state index is 13.9. The molecular weight excluding hydrogens is 630 g/mol. The number of halogens is 2. The predicted molar refractivity (Wildman–Crippen MR) is 221 cm³/mol. The first-order chi connectivity index (χ1) is 23.6. The molecule has 0 aliphatic heterocycles. The third kappa shape index (κ3) is 27.9. The highest BCUT2D eigenvalue weighted by molar-refractivity contribution is 5.86. The largest absolute Gasteiger partial charge is 0.464 e. The number of hydrogen-bond acceptors (Lipinski definition) is 5. The van der Waals surface area contributed by atoms with Crippen LogP contribution >= 0.6 is 0 Å². The summed E-state index contributed by atoms with van der Waals surface area (Å²) in [4.78, 5) is 0. The van der Waals surface area contributed by atoms with Crippen LogP contribution in [0.3, 0.4) is 0 Å². The normalized spacial score (nSPS) is 12.9. The second kappa shape index (κ2) is 39.0. The number of hydrogen-bond donors (Lipinski definition) is 3. The molecule has 5 nitrogen and oxygen atoms in total. The van der Waals surface area contributed by atoms with Crippen molar-refractivity contribution < 1.29 is 23.0 Å². The summed E-state index contributed by atoms with van der Waals surface area (Å²) in [6.07, 6.45) is 15.1. The average Bonchev–Trinajstić information content (AvgIpc) is 3.62. The van der Waals surface area contributed by atoms with E-state index in [2.05, 4.69) is 25.7 Å². The molecule has 0 aliphatic rings. The van der Waals surface area contributed by atoms with Crippen molar-refractivity contribution in [3.05, 3.63) is 94.3 Å². The van der Waals surface area contributed by atoms with Crippen molar-refractivity contribution in [2.45, 2.75) is 141 Å². The predicted octanol–water partition coefficient (Wildman–Crippen LogP) is 12.9. The molecule has 0 aromatic carbocycles. The van der Waals surface area contributed by atoms with Crippen molar-refractivity contribution >= 4 is 11.4 Å². The van der Waals surface area contributed by atoms with Gasteiger partial charge in [-0.3, -0.25) is 0 Å². The molecule has 0 amide bonds. The number of nitrogens with two attached hydrogens (primary N) is 1. The Labute approximate surface area is 308 Å². The maximum Gasteiger partial charge on any atom is 0.144 e. The Morgan fingerprint density at radius 2 is 1.52 bits per heavy atom. The fraction of sp³-hybridized carbons (Fsp3) is 0.581. The van der Waals surface area contributed by atoms with Gasteiger partial charge in [-0.2, -0.15) is 0 Å². The first-order valence-electron chi connectivity index (χ1n) is 18.2. The minimum atomic E-state index is -0.305. The van der Waals surface area contributed by atoms with Crippen LogP contribution in [0.15, 0.2) is 87.4 Å². The number of methoxy groups -OCH3 is 1. The summed E-state index contributed by atoms with van der Waals surface area (Å²) >= 11 is 0. The molecule has 1 rings (SSSR count). The van der Waals surface area contributed by atoms with Gasteiger partial charge in [0.25, 0.3) is 0 Å². The molecule has 1 aromatic rings. The summed E-state index contributed by atoms with van der Waals surface area (Å²) in [7, 11) is 5.42. The highest BCUT2D eigenvalue weighted by Crippen LogP contribution is 2.35. The van der Waals surface area contributed by atoms with Crippen molar-refractivity contribution in [3.8, 4) is 0 Å². The van der Waals surface area contributed by atoms with E-state index in [9.17, 15) is 8.78 Å². The Morgan fingerprint density at radius 1 is 1.02 bits per heavy atom. The molecule has 0 saturated carbocycles. The minimum absolute atomic E-state index is 0.000460. The summed E-state index contributed by atoms with van der Waals surface area (Å²) in [5, 5.41) is 10.6. The number of ether oxygens (including phenoxy) is 1. The molecule has 0 fully saturated rings. The molecule has 2 atom stereocenters. The number of rotatable bonds is 13. The topological polar surface area (TPSA) is 80.7 Å². The van der Waals surface area contributed by atoms with E-state index in [1.165, 1.54) is 12.3 Å². The standard InChI is InChI=1S/C19H23FO.C13H23FO.C4H11N.C3H8O.C2H7N.C2H6/c1-7-10-15(8-2)18(13(4)5)14(6)19-16(11-12-21-19)17(20)9-3;1-6-8-12(13(14)7-2)9-10(3)11(4)15-5;1-3-4(2)5;1-2-3-4;1-3-2;1-2/h7-12H,6H2,1-5H3;9,11H,6-8H2,1-5H3;4H,3,5H2,1-2H3;4H,2-3H2,1H3;3H,1-2H3;1-2H3/b10-7-,15-8?,17-9+;10-9+,13-12+;;;;. The zero-order chi connectivity index (χ0) is 40.2. The smallest absolute Gasteiger partial charge is 0.144 e. The fourth-order valence-electron chi connectivity index (χ4n) is 3.63. The minimum Gasteiger partial charge on any atom is -0.464 e. The average molecular weight is 709 g/mol. The van der Waals surface area contributed by atoms with Crippen LogP contribution in [0.1, 0.15) is 140 Å². The van der Waals surface area contributed by atoms with Crippen molar-refractivity contribution in [3.63, 3.8) is 0 Å². The Hall–Kier alpha value is -2.84. The van der Waals surface area contributed by atoms with Crippen molar-refractivity contribution in [2.75, 3.05) is 27.8 Å². The Balaban J connectivity index is -0.000000201. The van der Waals surface area contributed by atoms with E-state index in [0.29, 0.717) is 36.0 Å². The molecule has 2 unspecified atom stereocenters. The molecule has 4 N–H and O–H groups in total. The number of aliphatic hydroxyl groups is 1. The zero-order valence-electron chi connectivity index (χ0n) is 35.2. The molecule has 50 heavy (non-hydrogen) atoms. The third-order valence-corrected chi connectivity index (χ3v) is 6.64. The van der Waals surface area contributed by atoms with Gasteiger partial charge < -0.3 is 25.3 Å². The van der Waals surface area contributed by atoms with E-state index < -0.39 is 0 Å². The first kappa shape index (κ1) is 56.5.